The molecular formula is C16H14O6. The van der Waals surface area contributed by atoms with Crippen molar-refractivity contribution in [3.05, 3.63) is 0 Å². The number of fused-ring (bicyclic) bond motifs is 15. The van der Waals surface area contributed by atoms with Gasteiger partial charge in [-0.2, -0.15) is 0 Å². The third-order valence-electron chi connectivity index (χ3n) is 7.62. The van der Waals surface area contributed by atoms with Crippen molar-refractivity contribution in [3.63, 3.8) is 0 Å². The van der Waals surface area contributed by atoms with Gasteiger partial charge in [0.2, 0.25) is 0 Å². The molecule has 0 amide bonds. The number of hydrogen-bond donors (Lipinski definition) is 0. The van der Waals surface area contributed by atoms with E-state index in [2.05, 4.69) is 0 Å². The van der Waals surface area contributed by atoms with E-state index in [1.54, 1.807) is 0 Å². The summed E-state index contributed by atoms with van der Waals surface area (Å²) in [6, 6.07) is 0. The molecule has 8 unspecified atom stereocenters. The molecule has 0 N–H and O–H groups in total. The van der Waals surface area contributed by atoms with Crippen LogP contribution in [0.3, 0.4) is 0 Å². The summed E-state index contributed by atoms with van der Waals surface area (Å²) in [5.74, 6) is -1.51. The zero-order valence-electron chi connectivity index (χ0n) is 11.6. The highest BCUT2D eigenvalue weighted by atomic mass is 16.6. The summed E-state index contributed by atoms with van der Waals surface area (Å²) in [5, 5.41) is 0. The number of cyclic esters (lactones) is 4. The van der Waals surface area contributed by atoms with Crippen LogP contribution in [-0.2, 0) is 28.7 Å². The largest absolute Gasteiger partial charge is 0.393 e. The van der Waals surface area contributed by atoms with E-state index in [4.69, 9.17) is 9.47 Å². The standard InChI is InChI=1S/C16H14O6/c17-13-9-3-1-4(10(9)14(18)21-13)8-6-2-5(7(3)8)11-12(6)16(20)22-15(11)19/h3-12H,1-2H2/t3-,4+,5?,6?,7?,8?,9?,10?,11?,12?. The van der Waals surface area contributed by atoms with Crippen LogP contribution in [0.15, 0.2) is 0 Å². The van der Waals surface area contributed by atoms with Gasteiger partial charge < -0.3 is 9.47 Å². The Morgan fingerprint density at radius 1 is 0.545 bits per heavy atom. The van der Waals surface area contributed by atoms with Gasteiger partial charge in [-0.05, 0) is 48.3 Å². The topological polar surface area (TPSA) is 86.7 Å². The minimum absolute atomic E-state index is 0.151. The molecule has 0 radical (unpaired) electrons. The van der Waals surface area contributed by atoms with E-state index < -0.39 is 0 Å². The van der Waals surface area contributed by atoms with Crippen molar-refractivity contribution in [1.82, 2.24) is 0 Å². The highest BCUT2D eigenvalue weighted by Gasteiger charge is 2.77. The van der Waals surface area contributed by atoms with Crippen molar-refractivity contribution >= 4 is 23.9 Å². The summed E-state index contributed by atoms with van der Waals surface area (Å²) >= 11 is 0. The molecule has 22 heavy (non-hydrogen) atoms. The summed E-state index contributed by atoms with van der Waals surface area (Å²) in [4.78, 5) is 48.0. The fourth-order valence-electron chi connectivity index (χ4n) is 7.40. The van der Waals surface area contributed by atoms with E-state index in [1.165, 1.54) is 0 Å². The Hall–Kier alpha value is -1.72. The van der Waals surface area contributed by atoms with Crippen LogP contribution in [0.5, 0.6) is 0 Å². The normalized spacial score (nSPS) is 59.6. The van der Waals surface area contributed by atoms with E-state index >= 15 is 0 Å². The Kier molecular flexibility index (Phi) is 1.76. The van der Waals surface area contributed by atoms with Gasteiger partial charge in [0, 0.05) is 0 Å². The van der Waals surface area contributed by atoms with Crippen LogP contribution >= 0.6 is 0 Å². The van der Waals surface area contributed by atoms with E-state index in [0.717, 1.165) is 12.8 Å². The Bertz CT molecular complexity index is 572. The molecule has 2 aliphatic heterocycles. The first kappa shape index (κ1) is 11.8. The number of carbonyl (C=O) groups excluding carboxylic acids is 4. The van der Waals surface area contributed by atoms with E-state index in [9.17, 15) is 19.2 Å². The van der Waals surface area contributed by atoms with Crippen LogP contribution in [0.25, 0.3) is 0 Å². The summed E-state index contributed by atoms with van der Waals surface area (Å²) in [5.41, 5.74) is 0. The lowest BCUT2D eigenvalue weighted by molar-refractivity contribution is -0.156. The van der Waals surface area contributed by atoms with Crippen molar-refractivity contribution in [2.24, 2.45) is 59.2 Å². The Labute approximate surface area is 125 Å². The molecular weight excluding hydrogens is 288 g/mol. The number of ether oxygens (including phenoxy) is 2. The molecule has 6 fully saturated rings. The fraction of sp³-hybridized carbons (Fsp3) is 0.750. The molecule has 0 spiro atoms. The molecule has 10 atom stereocenters. The number of rotatable bonds is 0. The van der Waals surface area contributed by atoms with Crippen LogP contribution < -0.4 is 0 Å². The molecule has 114 valence electrons. The molecule has 6 aliphatic rings. The first-order valence-corrected chi connectivity index (χ1v) is 8.09. The van der Waals surface area contributed by atoms with Crippen molar-refractivity contribution in [1.29, 1.82) is 0 Å². The van der Waals surface area contributed by atoms with Crippen LogP contribution in [0.4, 0.5) is 0 Å². The smallest absolute Gasteiger partial charge is 0.317 e. The quantitative estimate of drug-likeness (QED) is 0.360. The lowest BCUT2D eigenvalue weighted by Gasteiger charge is -2.40. The second kappa shape index (κ2) is 3.29. The van der Waals surface area contributed by atoms with Crippen LogP contribution in [0.2, 0.25) is 0 Å². The van der Waals surface area contributed by atoms with Gasteiger partial charge >= 0.3 is 23.9 Å². The average Bonchev–Trinajstić information content (AvgIpc) is 3.21. The maximum Gasteiger partial charge on any atom is 0.317 e. The zero-order valence-corrected chi connectivity index (χ0v) is 11.6. The van der Waals surface area contributed by atoms with Gasteiger partial charge in [-0.25, -0.2) is 0 Å². The van der Waals surface area contributed by atoms with E-state index in [1.807, 2.05) is 0 Å². The molecule has 6 rings (SSSR count). The zero-order chi connectivity index (χ0) is 14.9. The molecule has 2 saturated heterocycles. The summed E-state index contributed by atoms with van der Waals surface area (Å²) < 4.78 is 9.73. The van der Waals surface area contributed by atoms with E-state index in [-0.39, 0.29) is 83.1 Å². The first-order valence-electron chi connectivity index (χ1n) is 8.09. The lowest BCUT2D eigenvalue weighted by atomic mass is 9.59. The van der Waals surface area contributed by atoms with E-state index in [0.29, 0.717) is 0 Å². The maximum absolute atomic E-state index is 12.0. The van der Waals surface area contributed by atoms with Gasteiger partial charge in [0.15, 0.2) is 0 Å². The molecule has 6 heteroatoms. The second-order valence-corrected chi connectivity index (χ2v) is 7.86. The predicted molar refractivity (Wildman–Crippen MR) is 66.3 cm³/mol. The fourth-order valence-corrected chi connectivity index (χ4v) is 7.40. The highest BCUT2D eigenvalue weighted by Crippen LogP contribution is 2.74. The van der Waals surface area contributed by atoms with Crippen molar-refractivity contribution in [2.45, 2.75) is 12.8 Å². The van der Waals surface area contributed by atoms with Gasteiger partial charge in [0.1, 0.15) is 0 Å². The summed E-state index contributed by atoms with van der Waals surface area (Å²) in [7, 11) is 0. The van der Waals surface area contributed by atoms with Gasteiger partial charge in [-0.15, -0.1) is 0 Å². The van der Waals surface area contributed by atoms with Gasteiger partial charge in [0.05, 0.1) is 23.7 Å². The molecule has 4 saturated carbocycles. The summed E-state index contributed by atoms with van der Waals surface area (Å²) in [6.07, 6.45) is 1.75. The third-order valence-corrected chi connectivity index (χ3v) is 7.62. The molecule has 2 heterocycles. The van der Waals surface area contributed by atoms with Gasteiger partial charge in [-0.3, -0.25) is 19.2 Å². The number of hydrogen-bond acceptors (Lipinski definition) is 6. The number of carbonyl (C=O) groups is 4. The molecule has 4 bridgehead atoms. The molecule has 0 aromatic heterocycles. The van der Waals surface area contributed by atoms with Crippen LogP contribution in [-0.4, -0.2) is 23.9 Å². The Balaban J connectivity index is 1.46. The van der Waals surface area contributed by atoms with Gasteiger partial charge in [0.25, 0.3) is 0 Å². The molecule has 0 aromatic rings. The SMILES string of the molecule is O=C1OC(=O)C2C3CC(C12)C1C3[C@H]2C[C@@H]1C1C(=O)OC(=O)C12. The predicted octanol–water partition coefficient (Wildman–Crippen LogP) is 0.150. The van der Waals surface area contributed by atoms with Gasteiger partial charge in [-0.1, -0.05) is 0 Å². The Morgan fingerprint density at radius 3 is 1.09 bits per heavy atom. The van der Waals surface area contributed by atoms with Crippen LogP contribution in [0, 0.1) is 59.2 Å². The molecule has 0 aromatic carbocycles. The van der Waals surface area contributed by atoms with Crippen LogP contribution in [0.1, 0.15) is 12.8 Å². The van der Waals surface area contributed by atoms with Crippen molar-refractivity contribution in [2.75, 3.05) is 0 Å². The monoisotopic (exact) mass is 302 g/mol. The van der Waals surface area contributed by atoms with Crippen molar-refractivity contribution < 1.29 is 28.7 Å². The molecule has 4 aliphatic carbocycles. The maximum atomic E-state index is 12.0. The third kappa shape index (κ3) is 0.989. The van der Waals surface area contributed by atoms with Crippen molar-refractivity contribution in [3.8, 4) is 0 Å². The Morgan fingerprint density at radius 2 is 0.818 bits per heavy atom. The first-order chi connectivity index (χ1) is 10.6. The lowest BCUT2D eigenvalue weighted by Crippen LogP contribution is -2.45. The minimum atomic E-state index is -0.370. The number of esters is 4. The highest BCUT2D eigenvalue weighted by molar-refractivity contribution is 5.99. The molecule has 6 nitrogen and oxygen atoms in total. The minimum Gasteiger partial charge on any atom is -0.393 e. The summed E-state index contributed by atoms with van der Waals surface area (Å²) in [6.45, 7) is 0. The average molecular weight is 302 g/mol. The second-order valence-electron chi connectivity index (χ2n) is 7.86.